The average molecular weight is 431 g/mol. The summed E-state index contributed by atoms with van der Waals surface area (Å²) < 4.78 is 22.3. The van der Waals surface area contributed by atoms with E-state index in [1.54, 1.807) is 21.3 Å². The summed E-state index contributed by atoms with van der Waals surface area (Å²) in [7, 11) is 7.13. The van der Waals surface area contributed by atoms with Gasteiger partial charge in [-0.25, -0.2) is 0 Å². The normalized spacial score (nSPS) is 16.1. The van der Waals surface area contributed by atoms with Gasteiger partial charge < -0.3 is 28.8 Å². The molecular weight excluding hydrogens is 396 g/mol. The number of aryl methyl sites for hydroxylation is 1. The van der Waals surface area contributed by atoms with Crippen LogP contribution in [0.4, 0.5) is 0 Å². The summed E-state index contributed by atoms with van der Waals surface area (Å²) in [6.07, 6.45) is 0. The van der Waals surface area contributed by atoms with Crippen LogP contribution in [-0.4, -0.2) is 76.9 Å². The fourth-order valence-corrected chi connectivity index (χ4v) is 3.82. The molecule has 1 unspecified atom stereocenters. The molecule has 8 nitrogen and oxygen atoms in total. The lowest BCUT2D eigenvalue weighted by Gasteiger charge is -2.34. The first-order valence-corrected chi connectivity index (χ1v) is 10.6. The minimum atomic E-state index is 0.110. The van der Waals surface area contributed by atoms with Crippen molar-refractivity contribution >= 4 is 5.96 Å². The maximum atomic E-state index is 5.97. The zero-order chi connectivity index (χ0) is 22.2. The SMILES string of the molecule is CN=C(NCC(c1ccc(C)o1)N1CCOCC1)N(C)Cc1ccc(OC)cc1OC. The first-order valence-electron chi connectivity index (χ1n) is 10.6. The number of hydrogen-bond donors (Lipinski definition) is 1. The lowest BCUT2D eigenvalue weighted by atomic mass is 10.1. The molecule has 1 saturated heterocycles. The van der Waals surface area contributed by atoms with E-state index in [1.165, 1.54) is 0 Å². The molecule has 0 bridgehead atoms. The van der Waals surface area contributed by atoms with E-state index in [0.717, 1.165) is 60.8 Å². The molecule has 1 aromatic heterocycles. The molecule has 1 aliphatic heterocycles. The summed E-state index contributed by atoms with van der Waals surface area (Å²) in [6, 6.07) is 10.0. The maximum absolute atomic E-state index is 5.97. The number of methoxy groups -OCH3 is 2. The Morgan fingerprint density at radius 2 is 1.97 bits per heavy atom. The van der Waals surface area contributed by atoms with Gasteiger partial charge in [-0.15, -0.1) is 0 Å². The van der Waals surface area contributed by atoms with Crippen LogP contribution in [0.3, 0.4) is 0 Å². The highest BCUT2D eigenvalue weighted by molar-refractivity contribution is 5.79. The van der Waals surface area contributed by atoms with Crippen LogP contribution in [0.25, 0.3) is 0 Å². The number of morpholine rings is 1. The van der Waals surface area contributed by atoms with Gasteiger partial charge in [-0.1, -0.05) is 0 Å². The molecule has 0 aliphatic carbocycles. The quantitative estimate of drug-likeness (QED) is 0.510. The topological polar surface area (TPSA) is 71.7 Å². The molecule has 2 heterocycles. The molecule has 0 spiro atoms. The zero-order valence-corrected chi connectivity index (χ0v) is 19.2. The van der Waals surface area contributed by atoms with Gasteiger partial charge in [0.1, 0.15) is 23.0 Å². The summed E-state index contributed by atoms with van der Waals surface area (Å²) in [6.45, 7) is 6.54. The van der Waals surface area contributed by atoms with Crippen molar-refractivity contribution in [1.82, 2.24) is 15.1 Å². The number of rotatable bonds is 8. The number of guanidine groups is 1. The molecule has 31 heavy (non-hydrogen) atoms. The number of nitrogens with one attached hydrogen (secondary N) is 1. The minimum absolute atomic E-state index is 0.110. The number of hydrogen-bond acceptors (Lipinski definition) is 6. The highest BCUT2D eigenvalue weighted by atomic mass is 16.5. The molecule has 1 N–H and O–H groups in total. The van der Waals surface area contributed by atoms with E-state index in [4.69, 9.17) is 18.6 Å². The lowest BCUT2D eigenvalue weighted by molar-refractivity contribution is 0.0123. The van der Waals surface area contributed by atoms with Gasteiger partial charge in [-0.2, -0.15) is 0 Å². The first-order chi connectivity index (χ1) is 15.0. The Morgan fingerprint density at radius 1 is 1.19 bits per heavy atom. The van der Waals surface area contributed by atoms with Gasteiger partial charge >= 0.3 is 0 Å². The molecule has 0 saturated carbocycles. The molecule has 0 amide bonds. The van der Waals surface area contributed by atoms with Crippen LogP contribution in [0.5, 0.6) is 11.5 Å². The smallest absolute Gasteiger partial charge is 0.193 e. The van der Waals surface area contributed by atoms with Gasteiger partial charge in [0.05, 0.1) is 33.5 Å². The largest absolute Gasteiger partial charge is 0.497 e. The van der Waals surface area contributed by atoms with Crippen molar-refractivity contribution in [1.29, 1.82) is 0 Å². The van der Waals surface area contributed by atoms with Gasteiger partial charge in [0, 0.05) is 51.9 Å². The average Bonchev–Trinajstić information content (AvgIpc) is 3.23. The van der Waals surface area contributed by atoms with Gasteiger partial charge in [0.2, 0.25) is 0 Å². The highest BCUT2D eigenvalue weighted by Gasteiger charge is 2.26. The summed E-state index contributed by atoms with van der Waals surface area (Å²) in [5.41, 5.74) is 1.06. The molecule has 1 aromatic carbocycles. The van der Waals surface area contributed by atoms with Crippen LogP contribution >= 0.6 is 0 Å². The molecule has 170 valence electrons. The fourth-order valence-electron chi connectivity index (χ4n) is 3.82. The van der Waals surface area contributed by atoms with Crippen molar-refractivity contribution in [3.05, 3.63) is 47.4 Å². The van der Waals surface area contributed by atoms with Crippen LogP contribution in [0.15, 0.2) is 39.7 Å². The summed E-state index contributed by atoms with van der Waals surface area (Å²) >= 11 is 0. The van der Waals surface area contributed by atoms with Crippen molar-refractivity contribution in [3.8, 4) is 11.5 Å². The van der Waals surface area contributed by atoms with Gasteiger partial charge in [0.25, 0.3) is 0 Å². The minimum Gasteiger partial charge on any atom is -0.497 e. The van der Waals surface area contributed by atoms with Crippen LogP contribution in [0, 0.1) is 6.92 Å². The Labute approximate surface area is 184 Å². The number of aliphatic imine (C=N–C) groups is 1. The molecule has 1 aliphatic rings. The molecule has 8 heteroatoms. The van der Waals surface area contributed by atoms with E-state index in [2.05, 4.69) is 26.2 Å². The van der Waals surface area contributed by atoms with Gasteiger partial charge in [0.15, 0.2) is 5.96 Å². The number of nitrogens with zero attached hydrogens (tertiary/aromatic N) is 3. The third kappa shape index (κ3) is 5.92. The molecular formula is C23H34N4O4. The number of ether oxygens (including phenoxy) is 3. The van der Waals surface area contributed by atoms with Crippen molar-refractivity contribution < 1.29 is 18.6 Å². The third-order valence-corrected chi connectivity index (χ3v) is 5.50. The number of furan rings is 1. The summed E-state index contributed by atoms with van der Waals surface area (Å²) in [4.78, 5) is 8.96. The van der Waals surface area contributed by atoms with Crippen molar-refractivity contribution in [2.24, 2.45) is 4.99 Å². The Hall–Kier alpha value is -2.71. The van der Waals surface area contributed by atoms with Gasteiger partial charge in [-0.3, -0.25) is 9.89 Å². The third-order valence-electron chi connectivity index (χ3n) is 5.50. The van der Waals surface area contributed by atoms with Crippen LogP contribution in [0.1, 0.15) is 23.1 Å². The van der Waals surface area contributed by atoms with Crippen molar-refractivity contribution in [2.75, 3.05) is 61.2 Å². The Balaban J connectivity index is 1.68. The van der Waals surface area contributed by atoms with E-state index in [-0.39, 0.29) is 6.04 Å². The van der Waals surface area contributed by atoms with E-state index >= 15 is 0 Å². The highest BCUT2D eigenvalue weighted by Crippen LogP contribution is 2.26. The van der Waals surface area contributed by atoms with E-state index in [1.807, 2.05) is 38.2 Å². The fraction of sp³-hybridized carbons (Fsp3) is 0.522. The molecule has 3 rings (SSSR count). The monoisotopic (exact) mass is 430 g/mol. The Bertz CT molecular complexity index is 861. The molecule has 0 radical (unpaired) electrons. The van der Waals surface area contributed by atoms with Crippen LogP contribution in [0.2, 0.25) is 0 Å². The molecule has 2 aromatic rings. The van der Waals surface area contributed by atoms with Crippen molar-refractivity contribution in [2.45, 2.75) is 19.5 Å². The second-order valence-electron chi connectivity index (χ2n) is 7.57. The second kappa shape index (κ2) is 11.1. The van der Waals surface area contributed by atoms with Crippen molar-refractivity contribution in [3.63, 3.8) is 0 Å². The van der Waals surface area contributed by atoms with Gasteiger partial charge in [-0.05, 0) is 31.2 Å². The predicted molar refractivity (Wildman–Crippen MR) is 121 cm³/mol. The summed E-state index contributed by atoms with van der Waals surface area (Å²) in [5, 5.41) is 3.52. The van der Waals surface area contributed by atoms with Crippen LogP contribution in [-0.2, 0) is 11.3 Å². The standard InChI is InChI=1S/C23H34N4O4/c1-17-6-9-21(31-17)20(27-10-12-30-13-11-27)15-25-23(24-2)26(3)16-18-7-8-19(28-4)14-22(18)29-5/h6-9,14,20H,10-13,15-16H2,1-5H3,(H,24,25). The Kier molecular flexibility index (Phi) is 8.20. The first kappa shape index (κ1) is 23.0. The molecule has 1 atom stereocenters. The maximum Gasteiger partial charge on any atom is 0.193 e. The second-order valence-corrected chi connectivity index (χ2v) is 7.57. The lowest BCUT2D eigenvalue weighted by Crippen LogP contribution is -2.46. The molecule has 1 fully saturated rings. The number of benzene rings is 1. The van der Waals surface area contributed by atoms with E-state index < -0.39 is 0 Å². The summed E-state index contributed by atoms with van der Waals surface area (Å²) in [5.74, 6) is 4.24. The van der Waals surface area contributed by atoms with Crippen LogP contribution < -0.4 is 14.8 Å². The van der Waals surface area contributed by atoms with E-state index in [9.17, 15) is 0 Å². The predicted octanol–water partition coefficient (Wildman–Crippen LogP) is 2.69. The van der Waals surface area contributed by atoms with E-state index in [0.29, 0.717) is 13.1 Å². The zero-order valence-electron chi connectivity index (χ0n) is 19.2. The Morgan fingerprint density at radius 3 is 2.58 bits per heavy atom.